The molecule has 0 amide bonds. The molecule has 37 heavy (non-hydrogen) atoms. The molecule has 0 saturated heterocycles. The first kappa shape index (κ1) is 24.0. The Labute approximate surface area is 217 Å². The monoisotopic (exact) mass is 496 g/mol. The molecule has 6 rings (SSSR count). The van der Waals surface area contributed by atoms with Crippen molar-refractivity contribution in [3.63, 3.8) is 0 Å². The lowest BCUT2D eigenvalue weighted by molar-refractivity contribution is 0.0182. The summed E-state index contributed by atoms with van der Waals surface area (Å²) in [5.41, 5.74) is 3.71. The van der Waals surface area contributed by atoms with Gasteiger partial charge in [0.15, 0.2) is 5.82 Å². The molecule has 2 aromatic heterocycles. The minimum atomic E-state index is -0.311. The number of rotatable bonds is 7. The summed E-state index contributed by atoms with van der Waals surface area (Å²) in [6.07, 6.45) is 10.2. The van der Waals surface area contributed by atoms with E-state index >= 15 is 0 Å². The lowest BCUT2D eigenvalue weighted by Crippen LogP contribution is -2.49. The predicted octanol–water partition coefficient (Wildman–Crippen LogP) is 5.80. The molecule has 0 bridgehead atoms. The molecular weight excluding hydrogens is 460 g/mol. The van der Waals surface area contributed by atoms with Crippen molar-refractivity contribution in [2.45, 2.75) is 89.4 Å². The molecule has 0 unspecified atom stereocenters. The van der Waals surface area contributed by atoms with Crippen LogP contribution in [0.4, 0.5) is 0 Å². The highest BCUT2D eigenvalue weighted by atomic mass is 16.1. The molecule has 2 aromatic carbocycles. The van der Waals surface area contributed by atoms with Gasteiger partial charge in [0.25, 0.3) is 5.56 Å². The van der Waals surface area contributed by atoms with E-state index in [2.05, 4.69) is 73.5 Å². The maximum absolute atomic E-state index is 13.4. The second-order valence-electron chi connectivity index (χ2n) is 11.0. The first-order valence-corrected chi connectivity index (χ1v) is 13.8. The van der Waals surface area contributed by atoms with Crippen LogP contribution in [0.25, 0.3) is 10.9 Å². The van der Waals surface area contributed by atoms with Gasteiger partial charge in [0.2, 0.25) is 0 Å². The number of nitrogens with zero attached hydrogens (tertiary/aromatic N) is 5. The number of aromatic amines is 1. The minimum Gasteiger partial charge on any atom is -0.321 e. The van der Waals surface area contributed by atoms with Gasteiger partial charge in [0, 0.05) is 18.7 Å². The number of para-hydroxylation sites is 1. The van der Waals surface area contributed by atoms with E-state index in [0.717, 1.165) is 72.9 Å². The fourth-order valence-corrected chi connectivity index (χ4v) is 6.63. The van der Waals surface area contributed by atoms with Crippen LogP contribution in [-0.2, 0) is 18.6 Å². The van der Waals surface area contributed by atoms with Crippen LogP contribution < -0.4 is 5.56 Å². The summed E-state index contributed by atoms with van der Waals surface area (Å²) in [4.78, 5) is 19.1. The molecule has 2 heterocycles. The van der Waals surface area contributed by atoms with E-state index in [9.17, 15) is 4.79 Å². The summed E-state index contributed by atoms with van der Waals surface area (Å²) in [7, 11) is 0. The quantitative estimate of drug-likeness (QED) is 0.350. The molecule has 2 fully saturated rings. The largest absolute Gasteiger partial charge is 0.321 e. The van der Waals surface area contributed by atoms with Gasteiger partial charge in [0.05, 0.1) is 17.1 Å². The van der Waals surface area contributed by atoms with E-state index in [1.54, 1.807) is 0 Å². The molecule has 192 valence electrons. The van der Waals surface area contributed by atoms with E-state index in [0.29, 0.717) is 12.6 Å². The fourth-order valence-electron chi connectivity index (χ4n) is 6.63. The first-order chi connectivity index (χ1) is 18.1. The van der Waals surface area contributed by atoms with Crippen LogP contribution in [0.1, 0.15) is 86.3 Å². The van der Waals surface area contributed by atoms with Crippen LogP contribution in [-0.4, -0.2) is 30.1 Å². The van der Waals surface area contributed by atoms with Crippen LogP contribution >= 0.6 is 0 Å². The maximum Gasteiger partial charge on any atom is 0.252 e. The number of tetrazole rings is 1. The first-order valence-electron chi connectivity index (χ1n) is 13.8. The fraction of sp³-hybridized carbons (Fsp3) is 0.467. The van der Waals surface area contributed by atoms with Crippen LogP contribution in [0, 0.1) is 6.92 Å². The number of hydrogen-bond donors (Lipinski definition) is 1. The molecule has 2 saturated carbocycles. The molecule has 0 aliphatic heterocycles. The summed E-state index contributed by atoms with van der Waals surface area (Å²) in [5, 5.41) is 14.6. The average Bonchev–Trinajstić information content (AvgIpc) is 3.63. The Hall–Kier alpha value is -3.32. The Bertz CT molecular complexity index is 1410. The Kier molecular flexibility index (Phi) is 6.63. The van der Waals surface area contributed by atoms with Gasteiger partial charge in [-0.3, -0.25) is 9.69 Å². The van der Waals surface area contributed by atoms with Crippen molar-refractivity contribution in [2.75, 3.05) is 0 Å². The number of hydrogen-bond acceptors (Lipinski definition) is 5. The summed E-state index contributed by atoms with van der Waals surface area (Å²) in [5.74, 6) is 0.989. The zero-order valence-corrected chi connectivity index (χ0v) is 21.7. The van der Waals surface area contributed by atoms with Crippen molar-refractivity contribution < 1.29 is 0 Å². The van der Waals surface area contributed by atoms with Gasteiger partial charge in [-0.15, -0.1) is 5.10 Å². The SMILES string of the molecule is Cc1cccc2cc(CN(Cc3ccccc3)C3(c4nnnn4C4CCCC4)CCCCC3)c(=O)[nH]c12. The second-order valence-corrected chi connectivity index (χ2v) is 11.0. The Morgan fingerprint density at radius 2 is 1.76 bits per heavy atom. The number of benzene rings is 2. The summed E-state index contributed by atoms with van der Waals surface area (Å²) in [6, 6.07) is 19.2. The number of aryl methyl sites for hydroxylation is 1. The third-order valence-corrected chi connectivity index (χ3v) is 8.61. The lowest BCUT2D eigenvalue weighted by Gasteiger charge is -2.46. The normalized spacial score (nSPS) is 18.1. The van der Waals surface area contributed by atoms with Crippen molar-refractivity contribution in [1.82, 2.24) is 30.1 Å². The number of H-pyrrole nitrogens is 1. The molecule has 2 aliphatic rings. The van der Waals surface area contributed by atoms with Crippen LogP contribution in [0.15, 0.2) is 59.4 Å². The van der Waals surface area contributed by atoms with Gasteiger partial charge >= 0.3 is 0 Å². The van der Waals surface area contributed by atoms with Crippen LogP contribution in [0.3, 0.4) is 0 Å². The van der Waals surface area contributed by atoms with Gasteiger partial charge in [-0.2, -0.15) is 0 Å². The van der Waals surface area contributed by atoms with Gasteiger partial charge in [0.1, 0.15) is 0 Å². The van der Waals surface area contributed by atoms with E-state index in [-0.39, 0.29) is 11.1 Å². The molecule has 7 heteroatoms. The standard InChI is InChI=1S/C30H36N6O/c1-22-11-10-14-24-19-25(28(37)31-27(22)24)21-35(20-23-12-4-2-5-13-23)30(17-8-3-9-18-30)29-32-33-34-36(29)26-15-6-7-16-26/h2,4-5,10-14,19,26H,3,6-9,15-18,20-21H2,1H3,(H,31,37). The van der Waals surface area contributed by atoms with Crippen molar-refractivity contribution in [1.29, 1.82) is 0 Å². The van der Waals surface area contributed by atoms with Gasteiger partial charge in [-0.1, -0.05) is 80.6 Å². The zero-order valence-electron chi connectivity index (χ0n) is 21.7. The highest BCUT2D eigenvalue weighted by Crippen LogP contribution is 2.44. The third kappa shape index (κ3) is 4.61. The molecule has 1 N–H and O–H groups in total. The molecule has 0 radical (unpaired) electrons. The van der Waals surface area contributed by atoms with E-state index < -0.39 is 0 Å². The van der Waals surface area contributed by atoms with Gasteiger partial charge in [-0.25, -0.2) is 4.68 Å². The zero-order chi connectivity index (χ0) is 25.2. The van der Waals surface area contributed by atoms with Crippen LogP contribution in [0.5, 0.6) is 0 Å². The van der Waals surface area contributed by atoms with Crippen molar-refractivity contribution in [3.05, 3.63) is 87.5 Å². The van der Waals surface area contributed by atoms with E-state index in [1.807, 2.05) is 13.0 Å². The topological polar surface area (TPSA) is 79.7 Å². The Morgan fingerprint density at radius 1 is 0.973 bits per heavy atom. The molecular formula is C30H36N6O. The van der Waals surface area contributed by atoms with Gasteiger partial charge in [-0.05, 0) is 65.6 Å². The highest BCUT2D eigenvalue weighted by Gasteiger charge is 2.45. The molecule has 0 spiro atoms. The minimum absolute atomic E-state index is 0.0128. The maximum atomic E-state index is 13.4. The summed E-state index contributed by atoms with van der Waals surface area (Å²) in [6.45, 7) is 3.33. The third-order valence-electron chi connectivity index (χ3n) is 8.61. The lowest BCUT2D eigenvalue weighted by atomic mass is 9.78. The highest BCUT2D eigenvalue weighted by molar-refractivity contribution is 5.81. The summed E-state index contributed by atoms with van der Waals surface area (Å²) >= 11 is 0. The van der Waals surface area contributed by atoms with Crippen molar-refractivity contribution >= 4 is 10.9 Å². The van der Waals surface area contributed by atoms with Crippen LogP contribution in [0.2, 0.25) is 0 Å². The second kappa shape index (κ2) is 10.2. The van der Waals surface area contributed by atoms with Gasteiger partial charge < -0.3 is 4.98 Å². The summed E-state index contributed by atoms with van der Waals surface area (Å²) < 4.78 is 2.14. The number of pyridine rings is 1. The average molecular weight is 497 g/mol. The van der Waals surface area contributed by atoms with Crippen molar-refractivity contribution in [3.8, 4) is 0 Å². The van der Waals surface area contributed by atoms with E-state index in [1.165, 1.54) is 24.8 Å². The molecule has 0 atom stereocenters. The predicted molar refractivity (Wildman–Crippen MR) is 145 cm³/mol. The van der Waals surface area contributed by atoms with Crippen molar-refractivity contribution in [2.24, 2.45) is 0 Å². The van der Waals surface area contributed by atoms with E-state index in [4.69, 9.17) is 5.10 Å². The number of aromatic nitrogens is 5. The Balaban J connectivity index is 1.46. The number of fused-ring (bicyclic) bond motifs is 1. The molecule has 7 nitrogen and oxygen atoms in total. The Morgan fingerprint density at radius 3 is 2.54 bits per heavy atom. The molecule has 4 aromatic rings. The number of nitrogens with one attached hydrogen (secondary N) is 1. The smallest absolute Gasteiger partial charge is 0.252 e. The molecule has 2 aliphatic carbocycles.